The van der Waals surface area contributed by atoms with Gasteiger partial charge >= 0.3 is 0 Å². The summed E-state index contributed by atoms with van der Waals surface area (Å²) in [5, 5.41) is 10.8. The van der Waals surface area contributed by atoms with Crippen LogP contribution in [-0.2, 0) is 17.8 Å². The van der Waals surface area contributed by atoms with E-state index in [4.69, 9.17) is 0 Å². The summed E-state index contributed by atoms with van der Waals surface area (Å²) in [6, 6.07) is 9.85. The second-order valence-electron chi connectivity index (χ2n) is 5.56. The lowest BCUT2D eigenvalue weighted by atomic mass is 10.1. The Hall–Kier alpha value is -2.96. The van der Waals surface area contributed by atoms with Crippen LogP contribution in [-0.4, -0.2) is 21.4 Å². The fourth-order valence-electron chi connectivity index (χ4n) is 2.92. The molecule has 0 unspecified atom stereocenters. The van der Waals surface area contributed by atoms with Gasteiger partial charge in [0.05, 0.1) is 11.1 Å². The Morgan fingerprint density at radius 1 is 1.30 bits per heavy atom. The van der Waals surface area contributed by atoms with Gasteiger partial charge in [-0.2, -0.15) is 0 Å². The van der Waals surface area contributed by atoms with Crippen LogP contribution < -0.4 is 10.5 Å². The van der Waals surface area contributed by atoms with E-state index >= 15 is 0 Å². The molecule has 0 N–H and O–H groups in total. The maximum atomic E-state index is 12.6. The molecular weight excluding hydrogens is 298 g/mol. The molecule has 0 saturated carbocycles. The first-order valence-electron chi connectivity index (χ1n) is 7.22. The predicted octanol–water partition coefficient (Wildman–Crippen LogP) is 1.73. The highest BCUT2D eigenvalue weighted by molar-refractivity contribution is 5.96. The summed E-state index contributed by atoms with van der Waals surface area (Å²) in [6.07, 6.45) is 1.86. The number of amides is 1. The summed E-state index contributed by atoms with van der Waals surface area (Å²) in [5.41, 5.74) is 1.26. The third-order valence-corrected chi connectivity index (χ3v) is 3.96. The molecule has 1 aliphatic rings. The first-order valence-corrected chi connectivity index (χ1v) is 7.22. The zero-order valence-corrected chi connectivity index (χ0v) is 12.5. The van der Waals surface area contributed by atoms with Crippen LogP contribution in [0.5, 0.6) is 0 Å². The molecule has 0 bridgehead atoms. The molecule has 0 radical (unpaired) electrons. The van der Waals surface area contributed by atoms with Crippen molar-refractivity contribution < 1.29 is 9.72 Å². The van der Waals surface area contributed by atoms with Gasteiger partial charge in [0, 0.05) is 23.9 Å². The number of hydrogen-bond donors (Lipinski definition) is 0. The lowest BCUT2D eigenvalue weighted by Crippen LogP contribution is -2.39. The molecule has 23 heavy (non-hydrogen) atoms. The number of nitro groups is 1. The summed E-state index contributed by atoms with van der Waals surface area (Å²) < 4.78 is 1.08. The Morgan fingerprint density at radius 2 is 2.04 bits per heavy atom. The third kappa shape index (κ3) is 2.73. The molecule has 1 atom stereocenters. The van der Waals surface area contributed by atoms with Crippen molar-refractivity contribution in [1.29, 1.82) is 0 Å². The molecule has 2 heterocycles. The lowest BCUT2D eigenvalue weighted by Gasteiger charge is -2.23. The molecule has 1 aromatic heterocycles. The number of benzene rings is 1. The van der Waals surface area contributed by atoms with E-state index in [9.17, 15) is 19.7 Å². The third-order valence-electron chi connectivity index (χ3n) is 3.96. The molecule has 2 aromatic rings. The molecule has 0 fully saturated rings. The molecule has 0 spiro atoms. The van der Waals surface area contributed by atoms with Crippen molar-refractivity contribution in [2.24, 2.45) is 0 Å². The van der Waals surface area contributed by atoms with Gasteiger partial charge in [0.2, 0.25) is 5.91 Å². The second-order valence-corrected chi connectivity index (χ2v) is 5.56. The molecule has 7 heteroatoms. The Morgan fingerprint density at radius 3 is 2.78 bits per heavy atom. The molecule has 7 nitrogen and oxygen atoms in total. The highest BCUT2D eigenvalue weighted by Gasteiger charge is 2.30. The van der Waals surface area contributed by atoms with Crippen molar-refractivity contribution in [1.82, 2.24) is 4.57 Å². The topological polar surface area (TPSA) is 85.4 Å². The van der Waals surface area contributed by atoms with Crippen molar-refractivity contribution >= 4 is 17.3 Å². The van der Waals surface area contributed by atoms with E-state index in [-0.39, 0.29) is 24.2 Å². The lowest BCUT2D eigenvalue weighted by molar-refractivity contribution is -0.385. The normalized spacial score (nSPS) is 16.2. The van der Waals surface area contributed by atoms with Crippen molar-refractivity contribution in [3.8, 4) is 0 Å². The number of carbonyl (C=O) groups excluding carboxylic acids is 1. The van der Waals surface area contributed by atoms with E-state index < -0.39 is 10.5 Å². The van der Waals surface area contributed by atoms with Gasteiger partial charge in [-0.3, -0.25) is 24.3 Å². The van der Waals surface area contributed by atoms with E-state index in [1.54, 1.807) is 4.90 Å². The van der Waals surface area contributed by atoms with Gasteiger partial charge in [-0.05, 0) is 25.0 Å². The van der Waals surface area contributed by atoms with E-state index in [2.05, 4.69) is 0 Å². The number of anilines is 1. The van der Waals surface area contributed by atoms with Gasteiger partial charge in [0.1, 0.15) is 6.54 Å². The molecular formula is C16H15N3O4. The number of pyridine rings is 1. The molecule has 118 valence electrons. The van der Waals surface area contributed by atoms with Crippen LogP contribution in [0.3, 0.4) is 0 Å². The first-order chi connectivity index (χ1) is 11.0. The van der Waals surface area contributed by atoms with E-state index in [1.807, 2.05) is 31.2 Å². The molecule has 1 amide bonds. The van der Waals surface area contributed by atoms with Gasteiger partial charge in [-0.15, -0.1) is 0 Å². The minimum atomic E-state index is -0.589. The van der Waals surface area contributed by atoms with Crippen LogP contribution in [0.25, 0.3) is 0 Å². The largest absolute Gasteiger partial charge is 0.307 e. The average Bonchev–Trinajstić information content (AvgIpc) is 2.85. The number of carbonyl (C=O) groups is 1. The van der Waals surface area contributed by atoms with Crippen LogP contribution in [0.1, 0.15) is 12.5 Å². The van der Waals surface area contributed by atoms with Crippen LogP contribution in [0, 0.1) is 10.1 Å². The van der Waals surface area contributed by atoms with Gasteiger partial charge < -0.3 is 4.90 Å². The Balaban J connectivity index is 1.90. The highest BCUT2D eigenvalue weighted by atomic mass is 16.6. The SMILES string of the molecule is C[C@@H]1Cc2ccccc2N1C(=O)Cn1cc([N+](=O)[O-])ccc1=O. The van der Waals surface area contributed by atoms with Gasteiger partial charge in [-0.25, -0.2) is 0 Å². The average molecular weight is 313 g/mol. The van der Waals surface area contributed by atoms with Crippen LogP contribution in [0.4, 0.5) is 11.4 Å². The minimum absolute atomic E-state index is 0.00528. The Labute approximate surface area is 131 Å². The number of aromatic nitrogens is 1. The Kier molecular flexibility index (Phi) is 3.69. The zero-order valence-electron chi connectivity index (χ0n) is 12.5. The van der Waals surface area contributed by atoms with Gasteiger partial charge in [-0.1, -0.05) is 18.2 Å². The highest BCUT2D eigenvalue weighted by Crippen LogP contribution is 2.31. The quantitative estimate of drug-likeness (QED) is 0.638. The molecule has 0 saturated heterocycles. The summed E-state index contributed by atoms with van der Waals surface area (Å²) in [6.45, 7) is 1.72. The monoisotopic (exact) mass is 313 g/mol. The molecule has 1 aromatic carbocycles. The molecule has 0 aliphatic carbocycles. The molecule has 1 aliphatic heterocycles. The fraction of sp³-hybridized carbons (Fsp3) is 0.250. The summed E-state index contributed by atoms with van der Waals surface area (Å²) in [5.74, 6) is -0.259. The van der Waals surface area contributed by atoms with Gasteiger partial charge in [0.15, 0.2) is 0 Å². The summed E-state index contributed by atoms with van der Waals surface area (Å²) in [7, 11) is 0. The minimum Gasteiger partial charge on any atom is -0.307 e. The maximum Gasteiger partial charge on any atom is 0.285 e. The van der Waals surface area contributed by atoms with Gasteiger partial charge in [0.25, 0.3) is 11.2 Å². The van der Waals surface area contributed by atoms with E-state index in [0.717, 1.165) is 40.6 Å². The van der Waals surface area contributed by atoms with Crippen molar-refractivity contribution in [3.63, 3.8) is 0 Å². The number of rotatable bonds is 3. The van der Waals surface area contributed by atoms with Crippen molar-refractivity contribution in [3.05, 3.63) is 68.6 Å². The van der Waals surface area contributed by atoms with Crippen LogP contribution >= 0.6 is 0 Å². The van der Waals surface area contributed by atoms with Crippen LogP contribution in [0.2, 0.25) is 0 Å². The number of para-hydroxylation sites is 1. The zero-order chi connectivity index (χ0) is 16.6. The maximum absolute atomic E-state index is 12.6. The number of nitrogens with zero attached hydrogens (tertiary/aromatic N) is 3. The van der Waals surface area contributed by atoms with Crippen molar-refractivity contribution in [2.45, 2.75) is 25.9 Å². The summed E-state index contributed by atoms with van der Waals surface area (Å²) >= 11 is 0. The van der Waals surface area contributed by atoms with E-state index in [0.29, 0.717) is 0 Å². The fourth-order valence-corrected chi connectivity index (χ4v) is 2.92. The second kappa shape index (κ2) is 5.68. The number of fused-ring (bicyclic) bond motifs is 1. The molecule has 3 rings (SSSR count). The summed E-state index contributed by atoms with van der Waals surface area (Å²) in [4.78, 5) is 36.3. The Bertz CT molecular complexity index is 843. The predicted molar refractivity (Wildman–Crippen MR) is 84.5 cm³/mol. The standard InChI is InChI=1S/C16H15N3O4/c1-11-8-12-4-2-3-5-14(12)18(11)16(21)10-17-9-13(19(22)23)6-7-15(17)20/h2-7,9,11H,8,10H2,1H3/t11-/m1/s1. The van der Waals surface area contributed by atoms with E-state index in [1.165, 1.54) is 0 Å². The van der Waals surface area contributed by atoms with Crippen molar-refractivity contribution in [2.75, 3.05) is 4.90 Å². The smallest absolute Gasteiger partial charge is 0.285 e. The first kappa shape index (κ1) is 15.0. The van der Waals surface area contributed by atoms with Crippen LogP contribution in [0.15, 0.2) is 47.4 Å². The number of hydrogen-bond acceptors (Lipinski definition) is 4.